The van der Waals surface area contributed by atoms with Gasteiger partial charge in [-0.25, -0.2) is 0 Å². The summed E-state index contributed by atoms with van der Waals surface area (Å²) in [5.41, 5.74) is 10.1. The Kier molecular flexibility index (Phi) is 9.31. The molecule has 0 N–H and O–H groups in total. The van der Waals surface area contributed by atoms with Crippen molar-refractivity contribution in [3.05, 3.63) is 129 Å². The van der Waals surface area contributed by atoms with E-state index in [9.17, 15) is 0 Å². The maximum atomic E-state index is 4.48. The lowest BCUT2D eigenvalue weighted by molar-refractivity contribution is 0.467. The summed E-state index contributed by atoms with van der Waals surface area (Å²) in [6.07, 6.45) is 16.9. The van der Waals surface area contributed by atoms with E-state index < -0.39 is 0 Å². The molecular formula is C38H45N5S. The molecule has 1 aliphatic carbocycles. The Bertz CT molecular complexity index is 1690. The normalized spacial score (nSPS) is 21.1. The van der Waals surface area contributed by atoms with Crippen molar-refractivity contribution in [2.75, 3.05) is 7.05 Å². The van der Waals surface area contributed by atoms with Crippen molar-refractivity contribution < 1.29 is 0 Å². The minimum atomic E-state index is -0.0785. The summed E-state index contributed by atoms with van der Waals surface area (Å²) in [4.78, 5) is 3.58. The fourth-order valence-electron chi connectivity index (χ4n) is 6.48. The van der Waals surface area contributed by atoms with Gasteiger partial charge in [0.2, 0.25) is 5.16 Å². The second-order valence-corrected chi connectivity index (χ2v) is 14.0. The zero-order chi connectivity index (χ0) is 31.5. The van der Waals surface area contributed by atoms with Gasteiger partial charge >= 0.3 is 0 Å². The average molecular weight is 604 g/mol. The molecule has 1 saturated heterocycles. The Hall–Kier alpha value is -3.90. The molecule has 6 heteroatoms. The molecule has 1 fully saturated rings. The number of thioether (sulfide) groups is 1. The van der Waals surface area contributed by atoms with Crippen molar-refractivity contribution >= 4 is 17.8 Å². The maximum absolute atomic E-state index is 4.48. The number of rotatable bonds is 6. The van der Waals surface area contributed by atoms with E-state index in [1.165, 1.54) is 44.1 Å². The topological polar surface area (TPSA) is 46.8 Å². The molecule has 0 atom stereocenters. The van der Waals surface area contributed by atoms with Crippen LogP contribution >= 0.6 is 11.8 Å². The van der Waals surface area contributed by atoms with Crippen LogP contribution in [0.25, 0.3) is 11.8 Å². The fraction of sp³-hybridized carbons (Fsp3) is 0.342. The van der Waals surface area contributed by atoms with Gasteiger partial charge < -0.3 is 4.90 Å². The zero-order valence-electron chi connectivity index (χ0n) is 27.4. The molecule has 0 spiro atoms. The number of para-hydroxylation sites is 1. The lowest BCUT2D eigenvalue weighted by atomic mass is 9.82. The minimum Gasteiger partial charge on any atom is -0.347 e. The molecule has 228 valence electrons. The molecule has 2 aliphatic rings. The predicted molar refractivity (Wildman–Crippen MR) is 185 cm³/mol. The van der Waals surface area contributed by atoms with Crippen LogP contribution in [0.4, 0.5) is 0 Å². The molecule has 5 nitrogen and oxygen atoms in total. The highest BCUT2D eigenvalue weighted by atomic mass is 32.2. The number of hydrogen-bond donors (Lipinski definition) is 0. The highest BCUT2D eigenvalue weighted by Gasteiger charge is 2.40. The maximum Gasteiger partial charge on any atom is 0.218 e. The van der Waals surface area contributed by atoms with E-state index in [0.717, 1.165) is 30.1 Å². The van der Waals surface area contributed by atoms with Crippen molar-refractivity contribution in [2.24, 2.45) is 5.41 Å². The van der Waals surface area contributed by atoms with Crippen LogP contribution in [0, 0.1) is 5.41 Å². The second kappa shape index (κ2) is 13.0. The lowest BCUT2D eigenvalue weighted by Gasteiger charge is -2.24. The summed E-state index contributed by atoms with van der Waals surface area (Å²) in [5.74, 6) is 0. The van der Waals surface area contributed by atoms with Crippen LogP contribution in [-0.4, -0.2) is 32.2 Å². The van der Waals surface area contributed by atoms with Gasteiger partial charge in [0.15, 0.2) is 0 Å². The molecule has 2 aromatic carbocycles. The summed E-state index contributed by atoms with van der Waals surface area (Å²) < 4.78 is 1.84. The Morgan fingerprint density at radius 1 is 0.886 bits per heavy atom. The first kappa shape index (κ1) is 31.5. The highest BCUT2D eigenvalue weighted by Crippen LogP contribution is 2.49. The number of likely N-dealkylation sites (N-methyl/N-ethyl adjacent to an activating group) is 1. The van der Waals surface area contributed by atoms with Gasteiger partial charge in [0.25, 0.3) is 0 Å². The van der Waals surface area contributed by atoms with Crippen LogP contribution in [-0.2, 0) is 5.41 Å². The molecule has 1 aliphatic heterocycles. The molecule has 0 unspecified atom stereocenters. The van der Waals surface area contributed by atoms with Crippen LogP contribution in [0.1, 0.15) is 78.9 Å². The molecular weight excluding hydrogens is 559 g/mol. The summed E-state index contributed by atoms with van der Waals surface area (Å²) in [6, 6.07) is 18.8. The molecule has 0 amide bonds. The fourth-order valence-corrected chi connectivity index (χ4v) is 7.57. The van der Waals surface area contributed by atoms with Gasteiger partial charge in [0.05, 0.1) is 5.69 Å². The number of nitrogens with zero attached hydrogens (tertiary/aromatic N) is 5. The minimum absolute atomic E-state index is 0.0617. The summed E-state index contributed by atoms with van der Waals surface area (Å²) >= 11 is 1.67. The third kappa shape index (κ3) is 6.32. The zero-order valence-corrected chi connectivity index (χ0v) is 28.2. The molecule has 0 saturated carbocycles. The quantitative estimate of drug-likeness (QED) is 0.281. The lowest BCUT2D eigenvalue weighted by Crippen LogP contribution is -2.16. The van der Waals surface area contributed by atoms with Crippen molar-refractivity contribution in [1.82, 2.24) is 25.1 Å². The Morgan fingerprint density at radius 2 is 1.61 bits per heavy atom. The van der Waals surface area contributed by atoms with Gasteiger partial charge in [-0.05, 0) is 107 Å². The second-order valence-electron chi connectivity index (χ2n) is 13.0. The average Bonchev–Trinajstić information content (AvgIpc) is 3.54. The van der Waals surface area contributed by atoms with Crippen LogP contribution in [0.3, 0.4) is 0 Å². The van der Waals surface area contributed by atoms with Gasteiger partial charge in [0, 0.05) is 28.8 Å². The molecule has 2 heterocycles. The third-order valence-electron chi connectivity index (χ3n) is 8.66. The largest absolute Gasteiger partial charge is 0.347 e. The molecule has 3 aromatic rings. The van der Waals surface area contributed by atoms with Crippen LogP contribution in [0.5, 0.6) is 0 Å². The first-order valence-corrected chi connectivity index (χ1v) is 16.4. The van der Waals surface area contributed by atoms with E-state index >= 15 is 0 Å². The van der Waals surface area contributed by atoms with E-state index in [1.807, 2.05) is 35.0 Å². The smallest absolute Gasteiger partial charge is 0.218 e. The van der Waals surface area contributed by atoms with Crippen LogP contribution < -0.4 is 0 Å². The van der Waals surface area contributed by atoms with E-state index in [1.54, 1.807) is 11.8 Å². The monoisotopic (exact) mass is 603 g/mol. The standard InChI is InChI=1S/C38H45N5S/c1-9-31-33(10-2)42(8)34(38(31,6)7)26-25-29-19-16-18-28(24-23-27-17-14-15-22-32(27)37(3,4)5)35(29)44-36-39-40-41-43(36)30-20-12-11-13-21-30/h9-15,17,20-26H,16,18-19H2,1-8H3/b24-23+,29-25+,31-9+,33-10+,34-26+. The molecule has 0 radical (unpaired) electrons. The Balaban J connectivity index is 1.62. The number of aromatic nitrogens is 4. The van der Waals surface area contributed by atoms with E-state index in [0.29, 0.717) is 0 Å². The number of benzene rings is 2. The first-order chi connectivity index (χ1) is 21.1. The predicted octanol–water partition coefficient (Wildman–Crippen LogP) is 9.84. The van der Waals surface area contributed by atoms with E-state index in [4.69, 9.17) is 0 Å². The summed E-state index contributed by atoms with van der Waals surface area (Å²) in [5, 5.41) is 13.7. The SMILES string of the molecule is C/C=C1\C(=C/C)N(C)/C(=C/C=C2\CCCC(/C=C/c3ccccc3C(C)(C)C)=C2Sc2nnnn2-c2ccccc2)C1(C)C. The summed E-state index contributed by atoms with van der Waals surface area (Å²) in [6.45, 7) is 15.7. The van der Waals surface area contributed by atoms with Gasteiger partial charge in [-0.1, -0.05) is 107 Å². The van der Waals surface area contributed by atoms with Crippen molar-refractivity contribution in [3.63, 3.8) is 0 Å². The molecule has 0 bridgehead atoms. The molecule has 1 aromatic heterocycles. The first-order valence-electron chi connectivity index (χ1n) is 15.6. The number of hydrogen-bond acceptors (Lipinski definition) is 5. The Morgan fingerprint density at radius 3 is 2.30 bits per heavy atom. The van der Waals surface area contributed by atoms with E-state index in [2.05, 4.69) is 137 Å². The number of tetrazole rings is 1. The molecule has 44 heavy (non-hydrogen) atoms. The summed E-state index contributed by atoms with van der Waals surface area (Å²) in [7, 11) is 2.18. The van der Waals surface area contributed by atoms with Crippen molar-refractivity contribution in [3.8, 4) is 5.69 Å². The van der Waals surface area contributed by atoms with Gasteiger partial charge in [0.1, 0.15) is 0 Å². The van der Waals surface area contributed by atoms with Crippen molar-refractivity contribution in [2.45, 2.75) is 78.3 Å². The van der Waals surface area contributed by atoms with Gasteiger partial charge in [-0.3, -0.25) is 0 Å². The number of allylic oxidation sites excluding steroid dienone is 9. The van der Waals surface area contributed by atoms with Gasteiger partial charge in [-0.15, -0.1) is 5.10 Å². The van der Waals surface area contributed by atoms with Crippen LogP contribution in [0.15, 0.2) is 123 Å². The third-order valence-corrected chi connectivity index (χ3v) is 9.83. The highest BCUT2D eigenvalue weighted by molar-refractivity contribution is 8.03. The number of likely N-dealkylation sites (tertiary alicyclic amines) is 1. The molecule has 5 rings (SSSR count). The Labute approximate surface area is 267 Å². The van der Waals surface area contributed by atoms with Crippen molar-refractivity contribution in [1.29, 1.82) is 0 Å². The van der Waals surface area contributed by atoms with E-state index in [-0.39, 0.29) is 10.8 Å². The van der Waals surface area contributed by atoms with Crippen LogP contribution in [0.2, 0.25) is 0 Å². The van der Waals surface area contributed by atoms with Gasteiger partial charge in [-0.2, -0.15) is 4.68 Å².